The minimum Gasteiger partial charge on any atom is -0.340 e. The molecule has 2 heterocycles. The number of rotatable bonds is 2. The van der Waals surface area contributed by atoms with Crippen LogP contribution in [-0.4, -0.2) is 42.5 Å². The molecule has 1 fully saturated rings. The molecule has 30 heavy (non-hydrogen) atoms. The second-order valence-electron chi connectivity index (χ2n) is 7.24. The number of carbonyl (C=O) groups is 3. The van der Waals surface area contributed by atoms with Gasteiger partial charge in [-0.05, 0) is 23.6 Å². The van der Waals surface area contributed by atoms with E-state index in [4.69, 9.17) is 0 Å². The van der Waals surface area contributed by atoms with Crippen molar-refractivity contribution in [3.05, 3.63) is 54.1 Å². The van der Waals surface area contributed by atoms with Crippen molar-refractivity contribution in [2.45, 2.75) is 18.8 Å². The number of halogens is 3. The molecule has 156 valence electrons. The third-order valence-corrected chi connectivity index (χ3v) is 5.52. The summed E-state index contributed by atoms with van der Waals surface area (Å²) in [4.78, 5) is 39.2. The Morgan fingerprint density at radius 2 is 1.63 bits per heavy atom. The highest BCUT2D eigenvalue weighted by molar-refractivity contribution is 6.08. The molecule has 0 aliphatic carbocycles. The number of para-hydroxylation sites is 1. The molecule has 0 spiro atoms. The summed E-state index contributed by atoms with van der Waals surface area (Å²) in [5.74, 6) is -4.12. The molecule has 6 nitrogen and oxygen atoms in total. The van der Waals surface area contributed by atoms with Crippen LogP contribution in [0.25, 0.3) is 11.1 Å². The number of hydrogen-bond donors (Lipinski definition) is 1. The fourth-order valence-corrected chi connectivity index (χ4v) is 3.99. The van der Waals surface area contributed by atoms with Gasteiger partial charge in [0.1, 0.15) is 12.0 Å². The van der Waals surface area contributed by atoms with E-state index in [0.717, 1.165) is 11.1 Å². The summed E-state index contributed by atoms with van der Waals surface area (Å²) in [6, 6.07) is 13.1. The summed E-state index contributed by atoms with van der Waals surface area (Å²) in [6.07, 6.45) is -5.10. The molecule has 2 aliphatic rings. The number of benzene rings is 2. The molecule has 2 atom stereocenters. The maximum atomic E-state index is 13.2. The largest absolute Gasteiger partial charge is 0.487 e. The van der Waals surface area contributed by atoms with E-state index in [1.165, 1.54) is 4.90 Å². The summed E-state index contributed by atoms with van der Waals surface area (Å²) in [5.41, 5.74) is 2.68. The second-order valence-corrected chi connectivity index (χ2v) is 7.24. The van der Waals surface area contributed by atoms with Crippen molar-refractivity contribution in [1.82, 2.24) is 10.2 Å². The molecule has 9 heteroatoms. The van der Waals surface area contributed by atoms with Gasteiger partial charge in [-0.2, -0.15) is 0 Å². The predicted molar refractivity (Wildman–Crippen MR) is 102 cm³/mol. The van der Waals surface area contributed by atoms with Gasteiger partial charge in [0.05, 0.1) is 5.69 Å². The molecule has 2 aliphatic heterocycles. The molecule has 0 saturated carbocycles. The van der Waals surface area contributed by atoms with Crippen molar-refractivity contribution >= 4 is 23.4 Å². The van der Waals surface area contributed by atoms with Crippen LogP contribution in [0.2, 0.25) is 0 Å². The van der Waals surface area contributed by atoms with E-state index in [1.54, 1.807) is 37.4 Å². The highest BCUT2D eigenvalue weighted by atomic mass is 19.4. The summed E-state index contributed by atoms with van der Waals surface area (Å²) >= 11 is 0. The van der Waals surface area contributed by atoms with E-state index in [2.05, 4.69) is 5.32 Å². The minimum absolute atomic E-state index is 0.261. The smallest absolute Gasteiger partial charge is 0.340 e. The molecule has 4 rings (SSSR count). The van der Waals surface area contributed by atoms with E-state index >= 15 is 0 Å². The minimum atomic E-state index is -4.83. The summed E-state index contributed by atoms with van der Waals surface area (Å²) in [7, 11) is 1.57. The fourth-order valence-electron chi connectivity index (χ4n) is 3.99. The van der Waals surface area contributed by atoms with Crippen LogP contribution in [0.15, 0.2) is 48.5 Å². The number of fused-ring (bicyclic) bond motifs is 3. The average molecular weight is 417 g/mol. The van der Waals surface area contributed by atoms with Gasteiger partial charge in [0.25, 0.3) is 5.91 Å². The lowest BCUT2D eigenvalue weighted by atomic mass is 9.95. The predicted octanol–water partition coefficient (Wildman–Crippen LogP) is 2.86. The van der Waals surface area contributed by atoms with E-state index in [-0.39, 0.29) is 11.3 Å². The first-order chi connectivity index (χ1) is 14.2. The number of nitrogens with zero attached hydrogens (tertiary/aromatic N) is 2. The van der Waals surface area contributed by atoms with Crippen LogP contribution in [-0.2, 0) is 14.4 Å². The first-order valence-corrected chi connectivity index (χ1v) is 9.34. The highest BCUT2D eigenvalue weighted by Gasteiger charge is 2.50. The molecule has 0 radical (unpaired) electrons. The van der Waals surface area contributed by atoms with E-state index < -0.39 is 42.5 Å². The number of nitrogens with one attached hydrogen (secondary N) is 1. The van der Waals surface area contributed by atoms with Crippen LogP contribution in [0, 0.1) is 5.92 Å². The fraction of sp³-hybridized carbons (Fsp3) is 0.286. The molecular weight excluding hydrogens is 399 g/mol. The summed E-state index contributed by atoms with van der Waals surface area (Å²) in [5, 5.41) is 2.53. The van der Waals surface area contributed by atoms with Crippen molar-refractivity contribution < 1.29 is 27.6 Å². The number of carbonyl (C=O) groups excluding carboxylic acids is 3. The topological polar surface area (TPSA) is 69.7 Å². The Morgan fingerprint density at radius 1 is 1.00 bits per heavy atom. The average Bonchev–Trinajstić information content (AvgIpc) is 3.09. The lowest BCUT2D eigenvalue weighted by Crippen LogP contribution is -2.46. The van der Waals surface area contributed by atoms with E-state index in [1.807, 2.05) is 18.2 Å². The molecule has 2 aromatic carbocycles. The monoisotopic (exact) mass is 417 g/mol. The molecular formula is C21H18F3N3O3. The first kappa shape index (κ1) is 19.9. The normalized spacial score (nSPS) is 21.2. The van der Waals surface area contributed by atoms with Gasteiger partial charge in [-0.1, -0.05) is 42.5 Å². The molecule has 1 N–H and O–H groups in total. The van der Waals surface area contributed by atoms with Gasteiger partial charge >= 0.3 is 6.30 Å². The van der Waals surface area contributed by atoms with Crippen LogP contribution in [0.5, 0.6) is 0 Å². The van der Waals surface area contributed by atoms with E-state index in [0.29, 0.717) is 11.3 Å². The van der Waals surface area contributed by atoms with Crippen LogP contribution < -0.4 is 10.2 Å². The number of likely N-dealkylation sites (tertiary alicyclic amines) is 1. The molecule has 1 saturated heterocycles. The number of amides is 3. The Hall–Kier alpha value is -3.36. The van der Waals surface area contributed by atoms with Crippen molar-refractivity contribution in [3.63, 3.8) is 0 Å². The van der Waals surface area contributed by atoms with Gasteiger partial charge in [-0.3, -0.25) is 19.3 Å². The van der Waals surface area contributed by atoms with Gasteiger partial charge in [-0.15, -0.1) is 13.2 Å². The van der Waals surface area contributed by atoms with Gasteiger partial charge < -0.3 is 10.2 Å². The van der Waals surface area contributed by atoms with Gasteiger partial charge in [-0.25, -0.2) is 0 Å². The Morgan fingerprint density at radius 3 is 2.30 bits per heavy atom. The van der Waals surface area contributed by atoms with Crippen LogP contribution in [0.4, 0.5) is 18.9 Å². The maximum absolute atomic E-state index is 13.2. The number of anilines is 1. The lowest BCUT2D eigenvalue weighted by Gasteiger charge is -2.24. The van der Waals surface area contributed by atoms with Gasteiger partial charge in [0.2, 0.25) is 11.8 Å². The van der Waals surface area contributed by atoms with Crippen LogP contribution >= 0.6 is 0 Å². The second kappa shape index (κ2) is 7.16. The van der Waals surface area contributed by atoms with Crippen molar-refractivity contribution in [1.29, 1.82) is 0 Å². The Balaban J connectivity index is 1.68. The summed E-state index contributed by atoms with van der Waals surface area (Å²) < 4.78 is 38.8. The zero-order chi connectivity index (χ0) is 21.6. The number of alkyl halides is 3. The SMILES string of the molecule is CN1C(=O)[C@@H](NC(=O)C2CCN(C(F)(F)F)C2=O)c2ccccc2-c2ccccc21. The molecule has 1 unspecified atom stereocenters. The third-order valence-electron chi connectivity index (χ3n) is 5.52. The zero-order valence-electron chi connectivity index (χ0n) is 15.9. The lowest BCUT2D eigenvalue weighted by molar-refractivity contribution is -0.235. The van der Waals surface area contributed by atoms with Gasteiger partial charge in [0, 0.05) is 19.2 Å². The molecule has 3 amide bonds. The molecule has 2 aromatic rings. The Kier molecular flexibility index (Phi) is 4.76. The molecule has 0 aromatic heterocycles. The Bertz CT molecular complexity index is 1040. The Labute approximate surface area is 170 Å². The highest BCUT2D eigenvalue weighted by Crippen LogP contribution is 2.39. The number of hydrogen-bond acceptors (Lipinski definition) is 3. The third kappa shape index (κ3) is 3.20. The van der Waals surface area contributed by atoms with Crippen LogP contribution in [0.3, 0.4) is 0 Å². The van der Waals surface area contributed by atoms with E-state index in [9.17, 15) is 27.6 Å². The van der Waals surface area contributed by atoms with Crippen molar-refractivity contribution in [3.8, 4) is 11.1 Å². The van der Waals surface area contributed by atoms with Crippen molar-refractivity contribution in [2.24, 2.45) is 5.92 Å². The van der Waals surface area contributed by atoms with Gasteiger partial charge in [0.15, 0.2) is 0 Å². The first-order valence-electron chi connectivity index (χ1n) is 9.34. The van der Waals surface area contributed by atoms with Crippen LogP contribution in [0.1, 0.15) is 18.0 Å². The molecule has 0 bridgehead atoms. The maximum Gasteiger partial charge on any atom is 0.487 e. The number of likely N-dealkylation sites (N-methyl/N-ethyl adjacent to an activating group) is 1. The standard InChI is InChI=1S/C21H18F3N3O3/c1-26-16-9-5-4-7-13(16)12-6-2-3-8-14(12)17(20(26)30)25-18(28)15-10-11-27(19(15)29)21(22,23)24/h2-9,15,17H,10-11H2,1H3,(H,25,28)/t15?,17-/m0/s1. The summed E-state index contributed by atoms with van der Waals surface area (Å²) in [6.45, 7) is -0.582. The van der Waals surface area contributed by atoms with Crippen molar-refractivity contribution in [2.75, 3.05) is 18.5 Å². The quantitative estimate of drug-likeness (QED) is 0.604. The zero-order valence-corrected chi connectivity index (χ0v) is 15.9.